The first-order valence-electron chi connectivity index (χ1n) is 6.40. The zero-order valence-corrected chi connectivity index (χ0v) is 11.7. The molecule has 1 aliphatic rings. The van der Waals surface area contributed by atoms with Gasteiger partial charge in [-0.2, -0.15) is 0 Å². The Kier molecular flexibility index (Phi) is 4.72. The summed E-state index contributed by atoms with van der Waals surface area (Å²) in [6, 6.07) is 6.44. The highest BCUT2D eigenvalue weighted by molar-refractivity contribution is 6.42. The Bertz CT molecular complexity index is 372. The number of rotatable bonds is 4. The van der Waals surface area contributed by atoms with Crippen molar-refractivity contribution >= 4 is 23.2 Å². The van der Waals surface area contributed by atoms with Gasteiger partial charge in [0.15, 0.2) is 0 Å². The van der Waals surface area contributed by atoms with Crippen molar-refractivity contribution in [1.82, 2.24) is 5.32 Å². The SMILES string of the molecule is CCNC(c1ccc(Cl)c(Cl)c1)C1CCCC1. The van der Waals surface area contributed by atoms with Crippen molar-refractivity contribution in [3.63, 3.8) is 0 Å². The minimum absolute atomic E-state index is 0.428. The summed E-state index contributed by atoms with van der Waals surface area (Å²) in [6.45, 7) is 3.14. The average molecular weight is 272 g/mol. The highest BCUT2D eigenvalue weighted by Crippen LogP contribution is 2.37. The van der Waals surface area contributed by atoms with Gasteiger partial charge in [0.05, 0.1) is 10.0 Å². The molecule has 1 aliphatic carbocycles. The van der Waals surface area contributed by atoms with E-state index in [1.54, 1.807) is 0 Å². The Hall–Kier alpha value is -0.240. The topological polar surface area (TPSA) is 12.0 Å². The van der Waals surface area contributed by atoms with Crippen LogP contribution in [0.15, 0.2) is 18.2 Å². The minimum Gasteiger partial charge on any atom is -0.310 e. The minimum atomic E-state index is 0.428. The summed E-state index contributed by atoms with van der Waals surface area (Å²) in [5.74, 6) is 0.743. The second kappa shape index (κ2) is 6.08. The number of nitrogens with one attached hydrogen (secondary N) is 1. The summed E-state index contributed by atoms with van der Waals surface area (Å²) in [7, 11) is 0. The fourth-order valence-corrected chi connectivity index (χ4v) is 3.08. The molecular formula is C14H19Cl2N. The first kappa shape index (κ1) is 13.2. The first-order chi connectivity index (χ1) is 8.22. The Labute approximate surface area is 114 Å². The van der Waals surface area contributed by atoms with Crippen molar-refractivity contribution < 1.29 is 0 Å². The van der Waals surface area contributed by atoms with Crippen LogP contribution in [0.5, 0.6) is 0 Å². The zero-order chi connectivity index (χ0) is 12.3. The van der Waals surface area contributed by atoms with Crippen LogP contribution in [-0.2, 0) is 0 Å². The van der Waals surface area contributed by atoms with Crippen LogP contribution in [-0.4, -0.2) is 6.54 Å². The van der Waals surface area contributed by atoms with Crippen LogP contribution in [0.25, 0.3) is 0 Å². The van der Waals surface area contributed by atoms with Gasteiger partial charge in [-0.25, -0.2) is 0 Å². The summed E-state index contributed by atoms with van der Waals surface area (Å²) < 4.78 is 0. The lowest BCUT2D eigenvalue weighted by Crippen LogP contribution is -2.26. The lowest BCUT2D eigenvalue weighted by Gasteiger charge is -2.25. The van der Waals surface area contributed by atoms with Gasteiger partial charge in [-0.3, -0.25) is 0 Å². The molecule has 1 aromatic carbocycles. The largest absolute Gasteiger partial charge is 0.310 e. The normalized spacial score (nSPS) is 18.5. The summed E-state index contributed by atoms with van der Waals surface area (Å²) >= 11 is 12.1. The Morgan fingerprint density at radius 3 is 2.53 bits per heavy atom. The monoisotopic (exact) mass is 271 g/mol. The van der Waals surface area contributed by atoms with Crippen molar-refractivity contribution in [3.05, 3.63) is 33.8 Å². The maximum atomic E-state index is 6.11. The van der Waals surface area contributed by atoms with Crippen molar-refractivity contribution in [1.29, 1.82) is 0 Å². The van der Waals surface area contributed by atoms with E-state index in [4.69, 9.17) is 23.2 Å². The third-order valence-electron chi connectivity index (χ3n) is 3.60. The van der Waals surface area contributed by atoms with Gasteiger partial charge in [0.2, 0.25) is 0 Å². The molecular weight excluding hydrogens is 253 g/mol. The molecule has 0 radical (unpaired) electrons. The molecule has 0 aliphatic heterocycles. The highest BCUT2D eigenvalue weighted by atomic mass is 35.5. The van der Waals surface area contributed by atoms with E-state index in [2.05, 4.69) is 18.3 Å². The summed E-state index contributed by atoms with van der Waals surface area (Å²) in [5.41, 5.74) is 1.27. The van der Waals surface area contributed by atoms with Gasteiger partial charge in [-0.05, 0) is 43.0 Å². The molecule has 1 N–H and O–H groups in total. The van der Waals surface area contributed by atoms with Crippen molar-refractivity contribution in [2.75, 3.05) is 6.54 Å². The molecule has 0 amide bonds. The van der Waals surface area contributed by atoms with Gasteiger partial charge >= 0.3 is 0 Å². The van der Waals surface area contributed by atoms with E-state index >= 15 is 0 Å². The third kappa shape index (κ3) is 3.15. The molecule has 2 rings (SSSR count). The van der Waals surface area contributed by atoms with Gasteiger partial charge in [0, 0.05) is 6.04 Å². The van der Waals surface area contributed by atoms with Crippen LogP contribution < -0.4 is 5.32 Å². The van der Waals surface area contributed by atoms with E-state index in [9.17, 15) is 0 Å². The van der Waals surface area contributed by atoms with Crippen molar-refractivity contribution in [2.24, 2.45) is 5.92 Å². The lowest BCUT2D eigenvalue weighted by molar-refractivity contribution is 0.374. The number of halogens is 2. The molecule has 1 aromatic rings. The molecule has 0 aromatic heterocycles. The van der Waals surface area contributed by atoms with Crippen LogP contribution in [0, 0.1) is 5.92 Å². The molecule has 1 fully saturated rings. The molecule has 0 heterocycles. The van der Waals surface area contributed by atoms with E-state index < -0.39 is 0 Å². The number of hydrogen-bond donors (Lipinski definition) is 1. The predicted octanol–water partition coefficient (Wildman–Crippen LogP) is 4.83. The van der Waals surface area contributed by atoms with Gasteiger partial charge in [-0.15, -0.1) is 0 Å². The molecule has 1 saturated carbocycles. The summed E-state index contributed by atoms with van der Waals surface area (Å²) in [4.78, 5) is 0. The van der Waals surface area contributed by atoms with Gasteiger partial charge < -0.3 is 5.32 Å². The van der Waals surface area contributed by atoms with Gasteiger partial charge in [-0.1, -0.05) is 49.0 Å². The van der Waals surface area contributed by atoms with Crippen LogP contribution in [0.1, 0.15) is 44.2 Å². The van der Waals surface area contributed by atoms with Crippen LogP contribution in [0.4, 0.5) is 0 Å². The Balaban J connectivity index is 2.21. The molecule has 1 atom stereocenters. The second-order valence-corrected chi connectivity index (χ2v) is 5.57. The van der Waals surface area contributed by atoms with E-state index in [1.165, 1.54) is 31.2 Å². The molecule has 0 saturated heterocycles. The zero-order valence-electron chi connectivity index (χ0n) is 10.2. The number of benzene rings is 1. The first-order valence-corrected chi connectivity index (χ1v) is 7.16. The molecule has 0 bridgehead atoms. The van der Waals surface area contributed by atoms with Crippen LogP contribution >= 0.6 is 23.2 Å². The van der Waals surface area contributed by atoms with E-state index in [0.717, 1.165) is 12.5 Å². The van der Waals surface area contributed by atoms with E-state index in [1.807, 2.05) is 12.1 Å². The average Bonchev–Trinajstić information content (AvgIpc) is 2.83. The standard InChI is InChI=1S/C14H19Cl2N/c1-2-17-14(10-5-3-4-6-10)11-7-8-12(15)13(16)9-11/h7-10,14,17H,2-6H2,1H3. The quantitative estimate of drug-likeness (QED) is 0.827. The highest BCUT2D eigenvalue weighted by Gasteiger charge is 2.25. The van der Waals surface area contributed by atoms with Crippen LogP contribution in [0.3, 0.4) is 0 Å². The molecule has 3 heteroatoms. The smallest absolute Gasteiger partial charge is 0.0595 e. The van der Waals surface area contributed by atoms with E-state index in [-0.39, 0.29) is 0 Å². The molecule has 17 heavy (non-hydrogen) atoms. The predicted molar refractivity (Wildman–Crippen MR) is 74.8 cm³/mol. The maximum Gasteiger partial charge on any atom is 0.0595 e. The molecule has 0 spiro atoms. The third-order valence-corrected chi connectivity index (χ3v) is 4.34. The van der Waals surface area contributed by atoms with Gasteiger partial charge in [0.25, 0.3) is 0 Å². The Morgan fingerprint density at radius 2 is 1.94 bits per heavy atom. The van der Waals surface area contributed by atoms with Crippen molar-refractivity contribution in [2.45, 2.75) is 38.6 Å². The second-order valence-electron chi connectivity index (χ2n) is 4.75. The number of hydrogen-bond acceptors (Lipinski definition) is 1. The Morgan fingerprint density at radius 1 is 1.24 bits per heavy atom. The van der Waals surface area contributed by atoms with E-state index in [0.29, 0.717) is 16.1 Å². The fraction of sp³-hybridized carbons (Fsp3) is 0.571. The summed E-state index contributed by atoms with van der Waals surface area (Å²) in [6.07, 6.45) is 5.34. The lowest BCUT2D eigenvalue weighted by atomic mass is 9.91. The van der Waals surface area contributed by atoms with Crippen LogP contribution in [0.2, 0.25) is 10.0 Å². The summed E-state index contributed by atoms with van der Waals surface area (Å²) in [5, 5.41) is 4.88. The fourth-order valence-electron chi connectivity index (χ4n) is 2.77. The van der Waals surface area contributed by atoms with Gasteiger partial charge in [0.1, 0.15) is 0 Å². The molecule has 94 valence electrons. The molecule has 1 nitrogen and oxygen atoms in total. The van der Waals surface area contributed by atoms with Crippen molar-refractivity contribution in [3.8, 4) is 0 Å². The maximum absolute atomic E-state index is 6.11. The molecule has 1 unspecified atom stereocenters.